The van der Waals surface area contributed by atoms with Gasteiger partial charge in [0.2, 0.25) is 0 Å². The third-order valence-electron chi connectivity index (χ3n) is 4.37. The molecule has 0 fully saturated rings. The van der Waals surface area contributed by atoms with E-state index in [1.54, 1.807) is 0 Å². The fourth-order valence-corrected chi connectivity index (χ4v) is 11.4. The Bertz CT molecular complexity index is 1030. The summed E-state index contributed by atoms with van der Waals surface area (Å²) >= 11 is 11.8. The monoisotopic (exact) mass is 554 g/mol. The zero-order chi connectivity index (χ0) is 20.2. The summed E-state index contributed by atoms with van der Waals surface area (Å²) in [5.41, 5.74) is 2.70. The van der Waals surface area contributed by atoms with Gasteiger partial charge in [-0.3, -0.25) is 0 Å². The van der Waals surface area contributed by atoms with Crippen LogP contribution in [0.5, 0.6) is 0 Å². The molecule has 0 aliphatic carbocycles. The Labute approximate surface area is 220 Å². The maximum Gasteiger partial charge on any atom is 0.0577 e. The van der Waals surface area contributed by atoms with Crippen LogP contribution in [0.3, 0.4) is 0 Å². The first kappa shape index (κ1) is 23.9. The number of hydrogen-bond donors (Lipinski definition) is 0. The van der Waals surface area contributed by atoms with Gasteiger partial charge < -0.3 is 30.3 Å². The van der Waals surface area contributed by atoms with Crippen molar-refractivity contribution in [3.63, 3.8) is 0 Å². The van der Waals surface area contributed by atoms with Crippen molar-refractivity contribution in [2.75, 3.05) is 11.5 Å². The van der Waals surface area contributed by atoms with Crippen molar-refractivity contribution in [2.24, 2.45) is 0 Å². The molecule has 0 unspecified atom stereocenters. The molecule has 0 aromatic heterocycles. The molecule has 3 aliphatic heterocycles. The minimum atomic E-state index is 0. The number of fused-ring (bicyclic) bond motifs is 1. The Morgan fingerprint density at radius 3 is 1.77 bits per heavy atom. The number of benzene rings is 1. The Balaban J connectivity index is 0.000000342. The average Bonchev–Trinajstić information content (AvgIpc) is 3.57. The molecule has 0 spiro atoms. The molecule has 3 aromatic carbocycles. The Kier molecular flexibility index (Phi) is 9.06. The summed E-state index contributed by atoms with van der Waals surface area (Å²) in [6.07, 6.45) is 2.40. The summed E-state index contributed by atoms with van der Waals surface area (Å²) in [6.45, 7) is 0. The molecule has 0 radical (unpaired) electrons. The fraction of sp³-hybridized carbons (Fsp3) is 0.0833. The van der Waals surface area contributed by atoms with Gasteiger partial charge >= 0.3 is 0 Å². The Morgan fingerprint density at radius 1 is 0.742 bits per heavy atom. The van der Waals surface area contributed by atoms with Crippen LogP contribution in [0.2, 0.25) is 0 Å². The number of allylic oxidation sites excluding steroid dienone is 2. The zero-order valence-corrected chi connectivity index (χ0v) is 22.3. The van der Waals surface area contributed by atoms with Crippen molar-refractivity contribution in [1.82, 2.24) is 0 Å². The second kappa shape index (κ2) is 11.8. The van der Waals surface area contributed by atoms with E-state index in [9.17, 15) is 0 Å². The van der Waals surface area contributed by atoms with Crippen LogP contribution in [0, 0.1) is 0 Å². The van der Waals surface area contributed by atoms with Crippen LogP contribution in [0.4, 0.5) is 0 Å². The summed E-state index contributed by atoms with van der Waals surface area (Å²) < 4.78 is 5.82. The molecule has 31 heavy (non-hydrogen) atoms. The first-order valence-corrected chi connectivity index (χ1v) is 14.8. The van der Waals surface area contributed by atoms with Gasteiger partial charge in [-0.2, -0.15) is 12.1 Å². The maximum atomic E-state index is 2.40. The minimum absolute atomic E-state index is 0. The molecule has 0 N–H and O–H groups in total. The van der Waals surface area contributed by atoms with E-state index in [1.165, 1.54) is 49.4 Å². The molecular formula is C24H18FeS6-6. The molecule has 7 heteroatoms. The number of thioether (sulfide) groups is 6. The van der Waals surface area contributed by atoms with Crippen LogP contribution >= 0.6 is 70.6 Å². The smallest absolute Gasteiger partial charge is 0.0577 e. The summed E-state index contributed by atoms with van der Waals surface area (Å²) in [6, 6.07) is 27.4. The molecule has 0 saturated carbocycles. The molecule has 0 saturated heterocycles. The van der Waals surface area contributed by atoms with Crippen molar-refractivity contribution in [3.05, 3.63) is 107 Å². The Hall–Kier alpha value is -0.241. The van der Waals surface area contributed by atoms with E-state index >= 15 is 0 Å². The molecule has 3 heterocycles. The predicted octanol–water partition coefficient (Wildman–Crippen LogP) is 9.30. The van der Waals surface area contributed by atoms with Gasteiger partial charge in [0.15, 0.2) is 0 Å². The van der Waals surface area contributed by atoms with Gasteiger partial charge in [0.1, 0.15) is 0 Å². The summed E-state index contributed by atoms with van der Waals surface area (Å²) in [4.78, 5) is 2.75. The molecule has 3 aliphatic rings. The standard InChI is InChI=1S/C19H13S6.C5H5.Fe/c1-2-6-12(5-1)13(17-24-18-19(25-17)21-10-9-20-18)11-16-22-14-7-3-4-8-15(14)23-16;1-2-4-5-3-1;/h1-8,11H,9-10H2;1-5H;/q-1;-5;. The van der Waals surface area contributed by atoms with Gasteiger partial charge in [-0.1, -0.05) is 52.9 Å². The molecule has 0 atom stereocenters. The van der Waals surface area contributed by atoms with E-state index in [0.717, 1.165) is 0 Å². The zero-order valence-electron chi connectivity index (χ0n) is 16.3. The van der Waals surface area contributed by atoms with Gasteiger partial charge in [0, 0.05) is 42.6 Å². The average molecular weight is 555 g/mol. The maximum absolute atomic E-state index is 2.40. The van der Waals surface area contributed by atoms with Crippen LogP contribution in [-0.4, -0.2) is 11.5 Å². The van der Waals surface area contributed by atoms with Gasteiger partial charge in [0.05, 0.1) is 8.47 Å². The summed E-state index contributed by atoms with van der Waals surface area (Å²) in [7, 11) is 0. The van der Waals surface area contributed by atoms with E-state index in [2.05, 4.69) is 54.6 Å². The second-order valence-electron chi connectivity index (χ2n) is 6.43. The largest absolute Gasteiger partial charge is 0.748 e. The van der Waals surface area contributed by atoms with Crippen LogP contribution in [0.15, 0.2) is 112 Å². The van der Waals surface area contributed by atoms with Crippen LogP contribution < -0.4 is 0 Å². The van der Waals surface area contributed by atoms with Gasteiger partial charge in [-0.05, 0) is 16.4 Å². The van der Waals surface area contributed by atoms with Crippen LogP contribution in [-0.2, 0) is 17.1 Å². The topological polar surface area (TPSA) is 0 Å². The molecular weight excluding hydrogens is 537 g/mol. The van der Waals surface area contributed by atoms with E-state index in [4.69, 9.17) is 0 Å². The number of hydrogen-bond acceptors (Lipinski definition) is 6. The first-order chi connectivity index (χ1) is 14.9. The summed E-state index contributed by atoms with van der Waals surface area (Å²) in [5.74, 6) is 2.47. The van der Waals surface area contributed by atoms with E-state index < -0.39 is 0 Å². The predicted molar refractivity (Wildman–Crippen MR) is 144 cm³/mol. The van der Waals surface area contributed by atoms with Crippen molar-refractivity contribution >= 4 is 76.1 Å². The molecule has 0 bridgehead atoms. The molecule has 164 valence electrons. The quantitative estimate of drug-likeness (QED) is 0.227. The SMILES string of the molecule is C(=C1Sc2ccccc2S1)C(=C1SC2=C(SCCS2)S1)[c-]1cccc1.[Fe].[cH-]1[cH-][cH-][cH-][cH-]1. The number of rotatable bonds is 2. The molecule has 0 nitrogen and oxygen atoms in total. The normalized spacial score (nSPS) is 16.8. The van der Waals surface area contributed by atoms with Gasteiger partial charge in [-0.15, -0.1) is 59.2 Å². The van der Waals surface area contributed by atoms with Crippen molar-refractivity contribution in [1.29, 1.82) is 0 Å². The third kappa shape index (κ3) is 6.01. The third-order valence-corrected chi connectivity index (χ3v) is 12.6. The fourth-order valence-electron chi connectivity index (χ4n) is 3.00. The van der Waals surface area contributed by atoms with Crippen LogP contribution in [0.1, 0.15) is 5.56 Å². The van der Waals surface area contributed by atoms with Crippen molar-refractivity contribution in [3.8, 4) is 0 Å². The molecule has 3 aromatic rings. The summed E-state index contributed by atoms with van der Waals surface area (Å²) in [5, 5.41) is 0. The minimum Gasteiger partial charge on any atom is -0.748 e. The van der Waals surface area contributed by atoms with E-state index in [1.807, 2.05) is 101 Å². The van der Waals surface area contributed by atoms with E-state index in [0.29, 0.717) is 0 Å². The first-order valence-electron chi connectivity index (χ1n) is 9.52. The van der Waals surface area contributed by atoms with Crippen molar-refractivity contribution < 1.29 is 17.1 Å². The second-order valence-corrected chi connectivity index (χ2v) is 13.9. The Morgan fingerprint density at radius 2 is 1.26 bits per heavy atom. The van der Waals surface area contributed by atoms with Crippen LogP contribution in [0.25, 0.3) is 5.57 Å². The van der Waals surface area contributed by atoms with Gasteiger partial charge in [0.25, 0.3) is 0 Å². The van der Waals surface area contributed by atoms with E-state index in [-0.39, 0.29) is 17.1 Å². The van der Waals surface area contributed by atoms with Gasteiger partial charge in [-0.25, -0.2) is 0 Å². The molecule has 6 rings (SSSR count). The van der Waals surface area contributed by atoms with Crippen molar-refractivity contribution in [2.45, 2.75) is 9.79 Å². The molecule has 0 amide bonds.